The predicted molar refractivity (Wildman–Crippen MR) is 114 cm³/mol. The highest BCUT2D eigenvalue weighted by Crippen LogP contribution is 2.38. The van der Waals surface area contributed by atoms with E-state index in [-0.39, 0.29) is 11.8 Å². The zero-order valence-corrected chi connectivity index (χ0v) is 18.1. The Morgan fingerprint density at radius 3 is 1.93 bits per heavy atom. The maximum Gasteiger partial charge on any atom is 0.255 e. The summed E-state index contributed by atoms with van der Waals surface area (Å²) in [5, 5.41) is 0.428. The van der Waals surface area contributed by atoms with Crippen LogP contribution < -0.4 is 14.2 Å². The molecule has 2 aromatic rings. The van der Waals surface area contributed by atoms with Gasteiger partial charge in [0.15, 0.2) is 11.5 Å². The molecule has 0 spiro atoms. The number of carbonyl (C=O) groups excluding carboxylic acids is 2. The van der Waals surface area contributed by atoms with Crippen LogP contribution in [0.4, 0.5) is 0 Å². The van der Waals surface area contributed by atoms with Crippen molar-refractivity contribution in [3.63, 3.8) is 0 Å². The third kappa shape index (κ3) is 4.46. The van der Waals surface area contributed by atoms with Crippen molar-refractivity contribution in [1.29, 1.82) is 0 Å². The minimum Gasteiger partial charge on any atom is -0.493 e. The molecular weight excluding hydrogens is 408 g/mol. The van der Waals surface area contributed by atoms with Gasteiger partial charge in [-0.3, -0.25) is 9.59 Å². The maximum absolute atomic E-state index is 13.1. The molecule has 1 fully saturated rings. The number of hydrogen-bond acceptors (Lipinski definition) is 5. The van der Waals surface area contributed by atoms with Gasteiger partial charge in [0.05, 0.1) is 31.9 Å². The highest BCUT2D eigenvalue weighted by atomic mass is 35.5. The number of ether oxygens (including phenoxy) is 3. The largest absolute Gasteiger partial charge is 0.493 e. The van der Waals surface area contributed by atoms with Gasteiger partial charge in [0.25, 0.3) is 11.8 Å². The third-order valence-electron chi connectivity index (χ3n) is 5.09. The molecule has 1 aliphatic rings. The van der Waals surface area contributed by atoms with Crippen molar-refractivity contribution < 1.29 is 23.8 Å². The second kappa shape index (κ2) is 9.71. The molecule has 0 aromatic heterocycles. The van der Waals surface area contributed by atoms with Gasteiger partial charge in [-0.05, 0) is 30.7 Å². The van der Waals surface area contributed by atoms with Crippen LogP contribution in [0.1, 0.15) is 27.1 Å². The van der Waals surface area contributed by atoms with Crippen LogP contribution in [0.15, 0.2) is 36.4 Å². The summed E-state index contributed by atoms with van der Waals surface area (Å²) in [7, 11) is 4.53. The van der Waals surface area contributed by atoms with E-state index in [0.29, 0.717) is 66.0 Å². The van der Waals surface area contributed by atoms with E-state index in [4.69, 9.17) is 25.8 Å². The van der Waals surface area contributed by atoms with Crippen LogP contribution in [-0.4, -0.2) is 69.1 Å². The molecule has 0 N–H and O–H groups in total. The van der Waals surface area contributed by atoms with Gasteiger partial charge < -0.3 is 24.0 Å². The minimum atomic E-state index is -0.152. The maximum atomic E-state index is 13.1. The van der Waals surface area contributed by atoms with E-state index in [9.17, 15) is 9.59 Å². The van der Waals surface area contributed by atoms with Gasteiger partial charge in [0, 0.05) is 31.7 Å². The number of carbonyl (C=O) groups is 2. The Morgan fingerprint density at radius 2 is 1.40 bits per heavy atom. The molecular formula is C22H25ClN2O5. The minimum absolute atomic E-state index is 0.123. The topological polar surface area (TPSA) is 68.3 Å². The lowest BCUT2D eigenvalue weighted by atomic mass is 10.1. The molecule has 0 saturated carbocycles. The normalized spacial score (nSPS) is 14.1. The molecule has 30 heavy (non-hydrogen) atoms. The van der Waals surface area contributed by atoms with E-state index in [1.807, 2.05) is 0 Å². The number of benzene rings is 2. The van der Waals surface area contributed by atoms with E-state index in [2.05, 4.69) is 0 Å². The lowest BCUT2D eigenvalue weighted by Gasteiger charge is -2.23. The molecule has 0 bridgehead atoms. The molecule has 1 saturated heterocycles. The van der Waals surface area contributed by atoms with Crippen LogP contribution in [0, 0.1) is 0 Å². The van der Waals surface area contributed by atoms with Crippen LogP contribution in [0.3, 0.4) is 0 Å². The SMILES string of the molecule is COc1cc(C(=O)N2CCCN(C(=O)c3ccccc3Cl)CC2)cc(OC)c1OC. The Morgan fingerprint density at radius 1 is 0.833 bits per heavy atom. The van der Waals surface area contributed by atoms with E-state index in [0.717, 1.165) is 0 Å². The zero-order valence-electron chi connectivity index (χ0n) is 17.3. The van der Waals surface area contributed by atoms with Crippen molar-refractivity contribution in [3.8, 4) is 17.2 Å². The summed E-state index contributed by atoms with van der Waals surface area (Å²) in [5.41, 5.74) is 0.916. The van der Waals surface area contributed by atoms with Crippen LogP contribution in [0.25, 0.3) is 0 Å². The average molecular weight is 433 g/mol. The van der Waals surface area contributed by atoms with Gasteiger partial charge >= 0.3 is 0 Å². The van der Waals surface area contributed by atoms with E-state index >= 15 is 0 Å². The fraction of sp³-hybridized carbons (Fsp3) is 0.364. The average Bonchev–Trinajstić information content (AvgIpc) is 3.03. The number of hydrogen-bond donors (Lipinski definition) is 0. The molecule has 0 atom stereocenters. The third-order valence-corrected chi connectivity index (χ3v) is 5.42. The molecule has 0 aliphatic carbocycles. The predicted octanol–water partition coefficient (Wildman–Crippen LogP) is 3.35. The first-order valence-electron chi connectivity index (χ1n) is 9.63. The second-order valence-electron chi connectivity index (χ2n) is 6.83. The lowest BCUT2D eigenvalue weighted by molar-refractivity contribution is 0.0718. The van der Waals surface area contributed by atoms with Gasteiger partial charge in [-0.15, -0.1) is 0 Å². The fourth-order valence-electron chi connectivity index (χ4n) is 3.52. The van der Waals surface area contributed by atoms with Gasteiger partial charge in [-0.25, -0.2) is 0 Å². The van der Waals surface area contributed by atoms with Crippen molar-refractivity contribution in [2.75, 3.05) is 47.5 Å². The van der Waals surface area contributed by atoms with Crippen LogP contribution in [-0.2, 0) is 0 Å². The molecule has 1 aliphatic heterocycles. The zero-order chi connectivity index (χ0) is 21.7. The summed E-state index contributed by atoms with van der Waals surface area (Å²) < 4.78 is 16.0. The number of rotatable bonds is 5. The standard InChI is InChI=1S/C22H25ClN2O5/c1-28-18-13-15(14-19(29-2)20(18)30-3)21(26)24-9-6-10-25(12-11-24)22(27)16-7-4-5-8-17(16)23/h4-5,7-8,13-14H,6,9-12H2,1-3H3. The van der Waals surface area contributed by atoms with Crippen LogP contribution in [0.2, 0.25) is 5.02 Å². The number of nitrogens with zero attached hydrogens (tertiary/aromatic N) is 2. The van der Waals surface area contributed by atoms with E-state index in [1.165, 1.54) is 21.3 Å². The molecule has 2 aromatic carbocycles. The van der Waals surface area contributed by atoms with E-state index < -0.39 is 0 Å². The summed E-state index contributed by atoms with van der Waals surface area (Å²) in [6.45, 7) is 1.96. The van der Waals surface area contributed by atoms with Crippen LogP contribution >= 0.6 is 11.6 Å². The van der Waals surface area contributed by atoms with Crippen molar-refractivity contribution in [2.24, 2.45) is 0 Å². The highest BCUT2D eigenvalue weighted by Gasteiger charge is 2.26. The van der Waals surface area contributed by atoms with Gasteiger partial charge in [-0.1, -0.05) is 23.7 Å². The van der Waals surface area contributed by atoms with Crippen molar-refractivity contribution in [3.05, 3.63) is 52.5 Å². The number of amides is 2. The Balaban J connectivity index is 1.76. The van der Waals surface area contributed by atoms with Crippen molar-refractivity contribution in [2.45, 2.75) is 6.42 Å². The molecule has 3 rings (SSSR count). The summed E-state index contributed by atoms with van der Waals surface area (Å²) in [5.74, 6) is 1.00. The number of methoxy groups -OCH3 is 3. The summed E-state index contributed by atoms with van der Waals surface area (Å²) in [6, 6.07) is 10.3. The lowest BCUT2D eigenvalue weighted by Crippen LogP contribution is -2.37. The summed E-state index contributed by atoms with van der Waals surface area (Å²) in [6.07, 6.45) is 0.673. The molecule has 0 radical (unpaired) electrons. The van der Waals surface area contributed by atoms with Crippen molar-refractivity contribution in [1.82, 2.24) is 9.80 Å². The van der Waals surface area contributed by atoms with Gasteiger partial charge in [0.2, 0.25) is 5.75 Å². The van der Waals surface area contributed by atoms with Gasteiger partial charge in [-0.2, -0.15) is 0 Å². The fourth-order valence-corrected chi connectivity index (χ4v) is 3.73. The van der Waals surface area contributed by atoms with Crippen LogP contribution in [0.5, 0.6) is 17.2 Å². The quantitative estimate of drug-likeness (QED) is 0.724. The molecule has 0 unspecified atom stereocenters. The van der Waals surface area contributed by atoms with Gasteiger partial charge in [0.1, 0.15) is 0 Å². The first-order chi connectivity index (χ1) is 14.5. The molecule has 7 nitrogen and oxygen atoms in total. The first-order valence-corrected chi connectivity index (χ1v) is 10.0. The smallest absolute Gasteiger partial charge is 0.255 e. The Bertz CT molecular complexity index is 908. The number of halogens is 1. The Labute approximate surface area is 181 Å². The Hall–Kier alpha value is -2.93. The second-order valence-corrected chi connectivity index (χ2v) is 7.24. The monoisotopic (exact) mass is 432 g/mol. The molecule has 2 amide bonds. The first kappa shape index (κ1) is 21.8. The van der Waals surface area contributed by atoms with Crippen molar-refractivity contribution >= 4 is 23.4 Å². The molecule has 1 heterocycles. The van der Waals surface area contributed by atoms with E-state index in [1.54, 1.807) is 46.2 Å². The summed E-state index contributed by atoms with van der Waals surface area (Å²) >= 11 is 6.17. The molecule has 160 valence electrons. The highest BCUT2D eigenvalue weighted by molar-refractivity contribution is 6.33. The molecule has 8 heteroatoms. The Kier molecular flexibility index (Phi) is 7.05. The summed E-state index contributed by atoms with van der Waals surface area (Å²) in [4.78, 5) is 29.5.